The van der Waals surface area contributed by atoms with Crippen LogP contribution in [0.4, 0.5) is 0 Å². The summed E-state index contributed by atoms with van der Waals surface area (Å²) in [6, 6.07) is 9.59. The molecule has 0 unspecified atom stereocenters. The van der Waals surface area contributed by atoms with Gasteiger partial charge in [0.15, 0.2) is 5.78 Å². The fourth-order valence-electron chi connectivity index (χ4n) is 2.71. The summed E-state index contributed by atoms with van der Waals surface area (Å²) in [7, 11) is 0. The third kappa shape index (κ3) is 2.38. The van der Waals surface area contributed by atoms with Gasteiger partial charge >= 0.3 is 0 Å². The number of aromatic nitrogens is 4. The first-order chi connectivity index (χ1) is 11.1. The lowest BCUT2D eigenvalue weighted by Crippen LogP contribution is -2.12. The van der Waals surface area contributed by atoms with Gasteiger partial charge in [0.1, 0.15) is 5.69 Å². The topological polar surface area (TPSA) is 73.8 Å². The molecular weight excluding hydrogens is 292 g/mol. The molecule has 114 valence electrons. The molecule has 4 rings (SSSR count). The number of aryl methyl sites for hydroxylation is 2. The van der Waals surface area contributed by atoms with E-state index in [1.807, 2.05) is 43.5 Å². The second-order valence-corrected chi connectivity index (χ2v) is 5.58. The van der Waals surface area contributed by atoms with Crippen LogP contribution in [0.5, 0.6) is 0 Å². The minimum Gasteiger partial charge on any atom is -0.339 e. The Hall–Kier alpha value is -3.02. The maximum atomic E-state index is 12.2. The van der Waals surface area contributed by atoms with Crippen LogP contribution in [0.2, 0.25) is 0 Å². The number of allylic oxidation sites excluding steroid dienone is 1. The number of carbonyl (C=O) groups is 1. The highest BCUT2D eigenvalue weighted by Crippen LogP contribution is 2.28. The molecule has 3 aromatic rings. The van der Waals surface area contributed by atoms with E-state index < -0.39 is 0 Å². The van der Waals surface area contributed by atoms with Gasteiger partial charge in [-0.05, 0) is 24.1 Å². The minimum absolute atomic E-state index is 0.0842. The third-order valence-corrected chi connectivity index (χ3v) is 3.81. The number of carbonyl (C=O) groups excluding carboxylic acids is 1. The SMILES string of the molecule is Cc1cc2n(n1)C=C(c1ccc(-c3noc(C)n3)cc1)CC2=O. The smallest absolute Gasteiger partial charge is 0.223 e. The van der Waals surface area contributed by atoms with Gasteiger partial charge in [0.05, 0.1) is 5.69 Å². The average Bonchev–Trinajstić information content (AvgIpc) is 3.13. The molecule has 0 saturated heterocycles. The zero-order valence-electron chi connectivity index (χ0n) is 12.8. The van der Waals surface area contributed by atoms with Crippen LogP contribution in [0.1, 0.15) is 34.1 Å². The Kier molecular flexibility index (Phi) is 2.97. The van der Waals surface area contributed by atoms with Gasteiger partial charge in [0.25, 0.3) is 0 Å². The fraction of sp³-hybridized carbons (Fsp3) is 0.176. The lowest BCUT2D eigenvalue weighted by molar-refractivity contribution is 0.0989. The number of fused-ring (bicyclic) bond motifs is 1. The lowest BCUT2D eigenvalue weighted by Gasteiger charge is -2.14. The van der Waals surface area contributed by atoms with Crippen molar-refractivity contribution in [3.63, 3.8) is 0 Å². The van der Waals surface area contributed by atoms with Gasteiger partial charge < -0.3 is 4.52 Å². The zero-order chi connectivity index (χ0) is 16.0. The van der Waals surface area contributed by atoms with E-state index in [0.29, 0.717) is 23.8 Å². The second-order valence-electron chi connectivity index (χ2n) is 5.58. The van der Waals surface area contributed by atoms with Gasteiger partial charge in [-0.15, -0.1) is 0 Å². The Morgan fingerprint density at radius 1 is 1.13 bits per heavy atom. The Morgan fingerprint density at radius 2 is 1.87 bits per heavy atom. The van der Waals surface area contributed by atoms with Crippen LogP contribution >= 0.6 is 0 Å². The van der Waals surface area contributed by atoms with Gasteiger partial charge in [0, 0.05) is 25.1 Å². The van der Waals surface area contributed by atoms with Crippen molar-refractivity contribution in [3.05, 3.63) is 53.2 Å². The molecule has 0 saturated carbocycles. The normalized spacial score (nSPS) is 13.8. The van der Waals surface area contributed by atoms with Crippen LogP contribution in [-0.4, -0.2) is 25.7 Å². The molecule has 1 aliphatic heterocycles. The summed E-state index contributed by atoms with van der Waals surface area (Å²) >= 11 is 0. The maximum Gasteiger partial charge on any atom is 0.223 e. The highest BCUT2D eigenvalue weighted by molar-refractivity contribution is 6.06. The molecule has 0 fully saturated rings. The van der Waals surface area contributed by atoms with E-state index in [-0.39, 0.29) is 5.78 Å². The molecule has 0 amide bonds. The molecule has 0 bridgehead atoms. The quantitative estimate of drug-likeness (QED) is 0.727. The number of Topliss-reactive ketones (excluding diaryl/α,β-unsaturated/α-hetero) is 1. The Bertz CT molecular complexity index is 932. The molecule has 1 aliphatic rings. The van der Waals surface area contributed by atoms with Crippen LogP contribution in [0, 0.1) is 13.8 Å². The Morgan fingerprint density at radius 3 is 2.57 bits per heavy atom. The molecule has 3 heterocycles. The highest BCUT2D eigenvalue weighted by Gasteiger charge is 2.21. The van der Waals surface area contributed by atoms with Crippen molar-refractivity contribution in [2.24, 2.45) is 0 Å². The third-order valence-electron chi connectivity index (χ3n) is 3.81. The van der Waals surface area contributed by atoms with Crippen LogP contribution in [0.25, 0.3) is 23.2 Å². The van der Waals surface area contributed by atoms with Crippen molar-refractivity contribution in [3.8, 4) is 11.4 Å². The Labute approximate surface area is 132 Å². The summed E-state index contributed by atoms with van der Waals surface area (Å²) in [5.41, 5.74) is 4.30. The summed E-state index contributed by atoms with van der Waals surface area (Å²) < 4.78 is 6.65. The van der Waals surface area contributed by atoms with Gasteiger partial charge in [-0.2, -0.15) is 10.1 Å². The molecule has 6 nitrogen and oxygen atoms in total. The van der Waals surface area contributed by atoms with Gasteiger partial charge in [-0.25, -0.2) is 4.68 Å². The van der Waals surface area contributed by atoms with E-state index in [2.05, 4.69) is 15.2 Å². The van der Waals surface area contributed by atoms with Crippen molar-refractivity contribution in [2.45, 2.75) is 20.3 Å². The summed E-state index contributed by atoms with van der Waals surface area (Å²) in [6.45, 7) is 3.64. The van der Waals surface area contributed by atoms with E-state index in [4.69, 9.17) is 4.52 Å². The largest absolute Gasteiger partial charge is 0.339 e. The first-order valence-electron chi connectivity index (χ1n) is 7.31. The summed E-state index contributed by atoms with van der Waals surface area (Å²) in [6.07, 6.45) is 2.29. The van der Waals surface area contributed by atoms with E-state index >= 15 is 0 Å². The standard InChI is InChI=1S/C17H14N4O2/c1-10-7-15-16(22)8-14(9-21(15)19-10)12-3-5-13(6-4-12)17-18-11(2)23-20-17/h3-7,9H,8H2,1-2H3. The second kappa shape index (κ2) is 5.01. The van der Waals surface area contributed by atoms with Gasteiger partial charge in [-0.1, -0.05) is 29.4 Å². The molecular formula is C17H14N4O2. The summed E-state index contributed by atoms with van der Waals surface area (Å²) in [5, 5.41) is 8.24. The molecule has 0 atom stereocenters. The van der Waals surface area contributed by atoms with Crippen LogP contribution < -0.4 is 0 Å². The van der Waals surface area contributed by atoms with Crippen molar-refractivity contribution in [1.82, 2.24) is 19.9 Å². The zero-order valence-corrected chi connectivity index (χ0v) is 12.8. The van der Waals surface area contributed by atoms with Crippen molar-refractivity contribution >= 4 is 17.6 Å². The molecule has 6 heteroatoms. The van der Waals surface area contributed by atoms with Crippen LogP contribution in [0.15, 0.2) is 34.9 Å². The predicted octanol–water partition coefficient (Wildman–Crippen LogP) is 3.13. The first kappa shape index (κ1) is 13.6. The minimum atomic E-state index is 0.0842. The number of ketones is 1. The number of benzene rings is 1. The molecule has 23 heavy (non-hydrogen) atoms. The van der Waals surface area contributed by atoms with Gasteiger partial charge in [0.2, 0.25) is 11.7 Å². The monoisotopic (exact) mass is 306 g/mol. The number of rotatable bonds is 2. The van der Waals surface area contributed by atoms with Crippen molar-refractivity contribution in [2.75, 3.05) is 0 Å². The lowest BCUT2D eigenvalue weighted by atomic mass is 9.97. The number of hydrogen-bond acceptors (Lipinski definition) is 5. The maximum absolute atomic E-state index is 12.2. The molecule has 2 aromatic heterocycles. The van der Waals surface area contributed by atoms with E-state index in [0.717, 1.165) is 22.4 Å². The molecule has 1 aromatic carbocycles. The van der Waals surface area contributed by atoms with Crippen LogP contribution in [0.3, 0.4) is 0 Å². The summed E-state index contributed by atoms with van der Waals surface area (Å²) in [4.78, 5) is 16.4. The number of hydrogen-bond donors (Lipinski definition) is 0. The first-order valence-corrected chi connectivity index (χ1v) is 7.31. The molecule has 0 spiro atoms. The number of nitrogens with zero attached hydrogens (tertiary/aromatic N) is 4. The van der Waals surface area contributed by atoms with Crippen molar-refractivity contribution < 1.29 is 9.32 Å². The highest BCUT2D eigenvalue weighted by atomic mass is 16.5. The van der Waals surface area contributed by atoms with E-state index in [9.17, 15) is 4.79 Å². The molecule has 0 N–H and O–H groups in total. The van der Waals surface area contributed by atoms with Crippen LogP contribution in [-0.2, 0) is 0 Å². The Balaban J connectivity index is 1.69. The van der Waals surface area contributed by atoms with Crippen molar-refractivity contribution in [1.29, 1.82) is 0 Å². The molecule has 0 radical (unpaired) electrons. The summed E-state index contributed by atoms with van der Waals surface area (Å²) in [5.74, 6) is 1.18. The average molecular weight is 306 g/mol. The fourth-order valence-corrected chi connectivity index (χ4v) is 2.71. The van der Waals surface area contributed by atoms with E-state index in [1.165, 1.54) is 0 Å². The van der Waals surface area contributed by atoms with E-state index in [1.54, 1.807) is 11.6 Å². The predicted molar refractivity (Wildman–Crippen MR) is 84.5 cm³/mol. The molecule has 0 aliphatic carbocycles. The van der Waals surface area contributed by atoms with Gasteiger partial charge in [-0.3, -0.25) is 4.79 Å².